The molecule has 8 nitrogen and oxygen atoms in total. The third-order valence-corrected chi connectivity index (χ3v) is 4.48. The molecule has 2 aromatic rings. The summed E-state index contributed by atoms with van der Waals surface area (Å²) in [5, 5.41) is 6.94. The molecule has 3 N–H and O–H groups in total. The molecule has 0 aliphatic heterocycles. The van der Waals surface area contributed by atoms with Crippen LogP contribution in [0.2, 0.25) is 0 Å². The zero-order chi connectivity index (χ0) is 21.8. The first-order valence-electron chi connectivity index (χ1n) is 8.93. The van der Waals surface area contributed by atoms with E-state index >= 15 is 0 Å². The van der Waals surface area contributed by atoms with Gasteiger partial charge in [0.1, 0.15) is 23.9 Å². The van der Waals surface area contributed by atoms with Crippen LogP contribution in [-0.4, -0.2) is 26.6 Å². The third-order valence-electron chi connectivity index (χ3n) is 3.99. The predicted octanol–water partition coefficient (Wildman–Crippen LogP) is 3.50. The van der Waals surface area contributed by atoms with E-state index in [1.807, 2.05) is 20.8 Å². The second kappa shape index (κ2) is 9.32. The van der Waals surface area contributed by atoms with Crippen molar-refractivity contribution >= 4 is 7.82 Å². The largest absolute Gasteiger partial charge is 0.473 e. The average Bonchev–Trinajstić information content (AvgIpc) is 3.00. The fourth-order valence-electron chi connectivity index (χ4n) is 2.46. The number of phosphoric ester groups is 1. The lowest BCUT2D eigenvalue weighted by molar-refractivity contribution is 0.111. The van der Waals surface area contributed by atoms with Gasteiger partial charge in [-0.15, -0.1) is 0 Å². The van der Waals surface area contributed by atoms with E-state index in [9.17, 15) is 13.3 Å². The van der Waals surface area contributed by atoms with Crippen molar-refractivity contribution in [1.29, 1.82) is 0 Å². The summed E-state index contributed by atoms with van der Waals surface area (Å²) in [6, 6.07) is 4.51. The van der Waals surface area contributed by atoms with Crippen LogP contribution in [0.25, 0.3) is 0 Å². The van der Waals surface area contributed by atoms with E-state index in [1.165, 1.54) is 17.8 Å². The van der Waals surface area contributed by atoms with Crippen molar-refractivity contribution in [1.82, 2.24) is 15.1 Å². The van der Waals surface area contributed by atoms with E-state index in [0.29, 0.717) is 6.54 Å². The van der Waals surface area contributed by atoms with E-state index in [-0.39, 0.29) is 29.2 Å². The van der Waals surface area contributed by atoms with Crippen LogP contribution in [0.5, 0.6) is 5.88 Å². The summed E-state index contributed by atoms with van der Waals surface area (Å²) in [6.45, 7) is 6.35. The number of halogens is 2. The lowest BCUT2D eigenvalue weighted by Gasteiger charge is -2.19. The quantitative estimate of drug-likeness (QED) is 0.411. The molecule has 1 aromatic carbocycles. The molecule has 0 bridgehead atoms. The molecule has 1 unspecified atom stereocenters. The van der Waals surface area contributed by atoms with E-state index < -0.39 is 25.7 Å². The standard InChI is InChI=1S/C18H26F2N3O5P/c1-18(2,3)7-8-23-16(27-11-12-9-13(19)5-6-14(12)20)10-15(22-23)17(21-4)28-29(24,25)26/h5-6,9-10,17,21H,7-8,11H2,1-4H3,(H2,24,25,26). The van der Waals surface area contributed by atoms with Gasteiger partial charge in [0.2, 0.25) is 5.88 Å². The first kappa shape index (κ1) is 23.4. The Balaban J connectivity index is 2.28. The Morgan fingerprint density at radius 3 is 2.55 bits per heavy atom. The van der Waals surface area contributed by atoms with Gasteiger partial charge in [-0.25, -0.2) is 18.0 Å². The van der Waals surface area contributed by atoms with Crippen molar-refractivity contribution in [3.63, 3.8) is 0 Å². The summed E-state index contributed by atoms with van der Waals surface area (Å²) in [7, 11) is -3.32. The van der Waals surface area contributed by atoms with E-state index in [1.54, 1.807) is 0 Å². The lowest BCUT2D eigenvalue weighted by atomic mass is 9.92. The zero-order valence-corrected chi connectivity index (χ0v) is 17.6. The van der Waals surface area contributed by atoms with E-state index in [4.69, 9.17) is 19.0 Å². The van der Waals surface area contributed by atoms with Gasteiger partial charge in [-0.2, -0.15) is 5.10 Å². The minimum atomic E-state index is -4.77. The highest BCUT2D eigenvalue weighted by Gasteiger charge is 2.26. The zero-order valence-electron chi connectivity index (χ0n) is 16.7. The van der Waals surface area contributed by atoms with Crippen LogP contribution in [0.4, 0.5) is 8.78 Å². The van der Waals surface area contributed by atoms with Gasteiger partial charge in [-0.3, -0.25) is 9.84 Å². The van der Waals surface area contributed by atoms with Crippen LogP contribution in [0.1, 0.15) is 44.7 Å². The molecule has 0 spiro atoms. The van der Waals surface area contributed by atoms with Crippen LogP contribution in [0.3, 0.4) is 0 Å². The van der Waals surface area contributed by atoms with Gasteiger partial charge in [0.25, 0.3) is 0 Å². The normalized spacial score (nSPS) is 13.5. The summed E-state index contributed by atoms with van der Waals surface area (Å²) < 4.78 is 50.3. The number of aromatic nitrogens is 2. The van der Waals surface area contributed by atoms with Gasteiger partial charge in [0.05, 0.1) is 0 Å². The number of hydrogen-bond acceptors (Lipinski definition) is 5. The van der Waals surface area contributed by atoms with Crippen molar-refractivity contribution < 1.29 is 32.4 Å². The second-order valence-corrected chi connectivity index (χ2v) is 8.92. The predicted molar refractivity (Wildman–Crippen MR) is 102 cm³/mol. The number of nitrogens with zero attached hydrogens (tertiary/aromatic N) is 2. The fourth-order valence-corrected chi connectivity index (χ4v) is 2.95. The molecule has 0 amide bonds. The van der Waals surface area contributed by atoms with Crippen LogP contribution in [0, 0.1) is 17.0 Å². The van der Waals surface area contributed by atoms with Gasteiger partial charge < -0.3 is 14.5 Å². The van der Waals surface area contributed by atoms with Gasteiger partial charge in [-0.05, 0) is 37.1 Å². The van der Waals surface area contributed by atoms with Crippen molar-refractivity contribution in [3.05, 3.63) is 47.2 Å². The number of ether oxygens (including phenoxy) is 1. The Morgan fingerprint density at radius 1 is 1.28 bits per heavy atom. The Labute approximate surface area is 168 Å². The lowest BCUT2D eigenvalue weighted by Crippen LogP contribution is -2.19. The highest BCUT2D eigenvalue weighted by atomic mass is 31.2. The summed E-state index contributed by atoms with van der Waals surface area (Å²) in [4.78, 5) is 18.2. The Morgan fingerprint density at radius 2 is 1.97 bits per heavy atom. The molecule has 162 valence electrons. The monoisotopic (exact) mass is 433 g/mol. The maximum absolute atomic E-state index is 13.9. The Bertz CT molecular complexity index is 879. The summed E-state index contributed by atoms with van der Waals surface area (Å²) >= 11 is 0. The molecule has 1 aromatic heterocycles. The smallest absolute Gasteiger partial charge is 0.471 e. The van der Waals surface area contributed by atoms with Crippen molar-refractivity contribution in [2.75, 3.05) is 7.05 Å². The molecule has 2 rings (SSSR count). The molecule has 0 saturated carbocycles. The number of benzene rings is 1. The van der Waals surface area contributed by atoms with E-state index in [2.05, 4.69) is 10.4 Å². The van der Waals surface area contributed by atoms with Gasteiger partial charge in [0.15, 0.2) is 6.23 Å². The molecule has 0 aliphatic rings. The maximum Gasteiger partial charge on any atom is 0.471 e. The van der Waals surface area contributed by atoms with Crippen LogP contribution < -0.4 is 10.1 Å². The maximum atomic E-state index is 13.9. The molecule has 0 aliphatic carbocycles. The Hall–Kier alpha value is -1.84. The van der Waals surface area contributed by atoms with Gasteiger partial charge in [0, 0.05) is 18.2 Å². The first-order valence-corrected chi connectivity index (χ1v) is 10.5. The highest BCUT2D eigenvalue weighted by Crippen LogP contribution is 2.41. The second-order valence-electron chi connectivity index (χ2n) is 7.73. The minimum Gasteiger partial charge on any atom is -0.473 e. The van der Waals surface area contributed by atoms with Gasteiger partial charge >= 0.3 is 7.82 Å². The molecular formula is C18H26F2N3O5P. The number of rotatable bonds is 9. The molecule has 0 saturated heterocycles. The van der Waals surface area contributed by atoms with Gasteiger partial charge in [-0.1, -0.05) is 20.8 Å². The van der Waals surface area contributed by atoms with Crippen molar-refractivity contribution in [3.8, 4) is 5.88 Å². The summed E-state index contributed by atoms with van der Waals surface area (Å²) in [5.41, 5.74) is 0.203. The average molecular weight is 433 g/mol. The molecule has 11 heteroatoms. The number of phosphoric acid groups is 1. The van der Waals surface area contributed by atoms with Crippen LogP contribution >= 0.6 is 7.82 Å². The number of hydrogen-bond donors (Lipinski definition) is 3. The summed E-state index contributed by atoms with van der Waals surface area (Å²) in [6.07, 6.45) is -0.456. The van der Waals surface area contributed by atoms with Crippen molar-refractivity contribution in [2.45, 2.75) is 46.6 Å². The minimum absolute atomic E-state index is 0.0111. The number of aryl methyl sites for hydroxylation is 1. The molecule has 1 heterocycles. The third kappa shape index (κ3) is 7.49. The summed E-state index contributed by atoms with van der Waals surface area (Å²) in [5.74, 6) is -0.954. The molecule has 1 atom stereocenters. The fraction of sp³-hybridized carbons (Fsp3) is 0.500. The van der Waals surface area contributed by atoms with E-state index in [0.717, 1.165) is 24.6 Å². The molecule has 29 heavy (non-hydrogen) atoms. The van der Waals surface area contributed by atoms with Crippen LogP contribution in [0.15, 0.2) is 24.3 Å². The molecular weight excluding hydrogens is 407 g/mol. The molecule has 0 fully saturated rings. The highest BCUT2D eigenvalue weighted by molar-refractivity contribution is 7.46. The number of nitrogens with one attached hydrogen (secondary N) is 1. The van der Waals surface area contributed by atoms with Crippen LogP contribution in [-0.2, 0) is 22.2 Å². The first-order chi connectivity index (χ1) is 13.4. The SMILES string of the molecule is CNC(OP(=O)(O)O)c1cc(OCc2cc(F)ccc2F)n(CCC(C)(C)C)n1. The van der Waals surface area contributed by atoms with Crippen molar-refractivity contribution in [2.24, 2.45) is 5.41 Å². The molecule has 0 radical (unpaired) electrons. The topological polar surface area (TPSA) is 106 Å². The Kier molecular flexibility index (Phi) is 7.53.